The van der Waals surface area contributed by atoms with Crippen LogP contribution in [0.25, 0.3) is 0 Å². The van der Waals surface area contributed by atoms with Gasteiger partial charge in [-0.2, -0.15) is 5.26 Å². The first-order chi connectivity index (χ1) is 6.67. The van der Waals surface area contributed by atoms with Gasteiger partial charge in [0.25, 0.3) is 0 Å². The summed E-state index contributed by atoms with van der Waals surface area (Å²) in [5, 5.41) is 8.80. The van der Waals surface area contributed by atoms with Crippen LogP contribution in [-0.2, 0) is 0 Å². The molecule has 2 N–H and O–H groups in total. The van der Waals surface area contributed by atoms with Crippen molar-refractivity contribution in [2.75, 3.05) is 5.73 Å². The highest BCUT2D eigenvalue weighted by Gasteiger charge is 2.08. The second-order valence-electron chi connectivity index (χ2n) is 2.83. The zero-order chi connectivity index (χ0) is 10.6. The second kappa shape index (κ2) is 5.28. The number of nitrogens with zero attached hydrogens (tertiary/aromatic N) is 1. The van der Waals surface area contributed by atoms with Crippen LogP contribution < -0.4 is 5.73 Å². The molecular weight excluding hydrogens is 260 g/mol. The summed E-state index contributed by atoms with van der Waals surface area (Å²) in [6, 6.07) is 7.96. The largest absolute Gasteiger partial charge is 0.398 e. The maximum Gasteiger partial charge on any atom is 0.0961 e. The van der Waals surface area contributed by atoms with Gasteiger partial charge in [-0.05, 0) is 24.6 Å². The van der Waals surface area contributed by atoms with Crippen molar-refractivity contribution in [1.29, 1.82) is 5.26 Å². The zero-order valence-electron chi connectivity index (χ0n) is 7.83. The highest BCUT2D eigenvalue weighted by Crippen LogP contribution is 2.31. The van der Waals surface area contributed by atoms with Crippen molar-refractivity contribution in [3.63, 3.8) is 0 Å². The Hall–Kier alpha value is -0.660. The van der Waals surface area contributed by atoms with Gasteiger partial charge in [-0.15, -0.1) is 11.8 Å². The summed E-state index contributed by atoms with van der Waals surface area (Å²) in [6.45, 7) is 2.00. The molecule has 0 aliphatic rings. The number of nitrogen functional groups attached to an aromatic ring is 1. The fraction of sp³-hybridized carbons (Fsp3) is 0.300. The number of nitrogens with two attached hydrogens (primary N) is 1. The van der Waals surface area contributed by atoms with E-state index in [1.807, 2.05) is 25.1 Å². The van der Waals surface area contributed by atoms with E-state index in [4.69, 9.17) is 11.0 Å². The molecule has 0 saturated heterocycles. The standard InChI is InChI=1S/C10H11BrN2S/c1-2-8(6-12)14-10-4-3-7(11)5-9(10)13/h3-5,8H,2,13H2,1H3. The molecule has 0 aliphatic carbocycles. The van der Waals surface area contributed by atoms with Crippen LogP contribution in [0, 0.1) is 11.3 Å². The molecule has 0 heterocycles. The van der Waals surface area contributed by atoms with Gasteiger partial charge in [0.15, 0.2) is 0 Å². The van der Waals surface area contributed by atoms with Crippen LogP contribution >= 0.6 is 27.7 Å². The van der Waals surface area contributed by atoms with E-state index in [2.05, 4.69) is 22.0 Å². The molecule has 4 heteroatoms. The highest BCUT2D eigenvalue weighted by atomic mass is 79.9. The number of hydrogen-bond acceptors (Lipinski definition) is 3. The number of thioether (sulfide) groups is 1. The quantitative estimate of drug-likeness (QED) is 0.676. The van der Waals surface area contributed by atoms with Crippen molar-refractivity contribution in [3.05, 3.63) is 22.7 Å². The number of nitriles is 1. The summed E-state index contributed by atoms with van der Waals surface area (Å²) in [4.78, 5) is 0.974. The molecule has 1 atom stereocenters. The van der Waals surface area contributed by atoms with Crippen LogP contribution in [0.2, 0.25) is 0 Å². The molecule has 0 bridgehead atoms. The maximum atomic E-state index is 8.81. The first-order valence-corrected chi connectivity index (χ1v) is 5.96. The van der Waals surface area contributed by atoms with Gasteiger partial charge < -0.3 is 5.73 Å². The van der Waals surface area contributed by atoms with Gasteiger partial charge in [0.1, 0.15) is 0 Å². The van der Waals surface area contributed by atoms with Crippen molar-refractivity contribution in [3.8, 4) is 6.07 Å². The van der Waals surface area contributed by atoms with Crippen LogP contribution in [0.3, 0.4) is 0 Å². The average molecular weight is 271 g/mol. The Morgan fingerprint density at radius 3 is 2.86 bits per heavy atom. The van der Waals surface area contributed by atoms with E-state index in [-0.39, 0.29) is 5.25 Å². The normalized spacial score (nSPS) is 12.1. The van der Waals surface area contributed by atoms with Gasteiger partial charge in [-0.3, -0.25) is 0 Å². The molecule has 0 spiro atoms. The van der Waals surface area contributed by atoms with Crippen LogP contribution in [0.4, 0.5) is 5.69 Å². The van der Waals surface area contributed by atoms with Crippen molar-refractivity contribution in [2.45, 2.75) is 23.5 Å². The summed E-state index contributed by atoms with van der Waals surface area (Å²) in [5.41, 5.74) is 6.54. The summed E-state index contributed by atoms with van der Waals surface area (Å²) < 4.78 is 0.962. The maximum absolute atomic E-state index is 8.81. The summed E-state index contributed by atoms with van der Waals surface area (Å²) in [6.07, 6.45) is 0.830. The fourth-order valence-electron chi connectivity index (χ4n) is 0.981. The molecule has 1 aromatic rings. The van der Waals surface area contributed by atoms with Gasteiger partial charge in [0, 0.05) is 15.1 Å². The van der Waals surface area contributed by atoms with Crippen LogP contribution in [-0.4, -0.2) is 5.25 Å². The SMILES string of the molecule is CCC(C#N)Sc1ccc(Br)cc1N. The van der Waals surface area contributed by atoms with E-state index in [1.54, 1.807) is 0 Å². The van der Waals surface area contributed by atoms with Crippen molar-refractivity contribution < 1.29 is 0 Å². The Labute approximate surface area is 96.6 Å². The molecule has 0 aromatic heterocycles. The van der Waals surface area contributed by atoms with Gasteiger partial charge in [-0.1, -0.05) is 22.9 Å². The van der Waals surface area contributed by atoms with Gasteiger partial charge in [0.05, 0.1) is 11.3 Å². The minimum Gasteiger partial charge on any atom is -0.398 e. The molecule has 1 unspecified atom stereocenters. The lowest BCUT2D eigenvalue weighted by atomic mass is 10.3. The summed E-state index contributed by atoms with van der Waals surface area (Å²) in [7, 11) is 0. The molecule has 2 nitrogen and oxygen atoms in total. The Balaban J connectivity index is 2.82. The average Bonchev–Trinajstić information content (AvgIpc) is 2.17. The molecule has 1 rings (SSSR count). The minimum absolute atomic E-state index is 0.0153. The third-order valence-electron chi connectivity index (χ3n) is 1.76. The van der Waals surface area contributed by atoms with Gasteiger partial charge >= 0.3 is 0 Å². The lowest BCUT2D eigenvalue weighted by Crippen LogP contribution is -1.97. The summed E-state index contributed by atoms with van der Waals surface area (Å²) >= 11 is 4.86. The van der Waals surface area contributed by atoms with E-state index >= 15 is 0 Å². The third kappa shape index (κ3) is 2.93. The smallest absolute Gasteiger partial charge is 0.0961 e. The first kappa shape index (κ1) is 11.4. The van der Waals surface area contributed by atoms with E-state index in [0.29, 0.717) is 0 Å². The van der Waals surface area contributed by atoms with Crippen molar-refractivity contribution in [1.82, 2.24) is 0 Å². The topological polar surface area (TPSA) is 49.8 Å². The number of rotatable bonds is 3. The third-order valence-corrected chi connectivity index (χ3v) is 3.60. The number of anilines is 1. The van der Waals surface area contributed by atoms with Crippen molar-refractivity contribution in [2.24, 2.45) is 0 Å². The predicted molar refractivity (Wildman–Crippen MR) is 64.1 cm³/mol. The van der Waals surface area contributed by atoms with E-state index in [0.717, 1.165) is 21.5 Å². The first-order valence-electron chi connectivity index (χ1n) is 4.28. The molecule has 0 fully saturated rings. The zero-order valence-corrected chi connectivity index (χ0v) is 10.2. The molecule has 0 amide bonds. The molecule has 0 aliphatic heterocycles. The predicted octanol–water partition coefficient (Wildman–Crippen LogP) is 3.43. The van der Waals surface area contributed by atoms with E-state index < -0.39 is 0 Å². The van der Waals surface area contributed by atoms with Gasteiger partial charge in [0.2, 0.25) is 0 Å². The monoisotopic (exact) mass is 270 g/mol. The number of hydrogen-bond donors (Lipinski definition) is 1. The molecule has 74 valence electrons. The lowest BCUT2D eigenvalue weighted by Gasteiger charge is -2.08. The van der Waals surface area contributed by atoms with Crippen LogP contribution in [0.5, 0.6) is 0 Å². The Morgan fingerprint density at radius 2 is 2.36 bits per heavy atom. The lowest BCUT2D eigenvalue weighted by molar-refractivity contribution is 0.985. The van der Waals surface area contributed by atoms with Crippen LogP contribution in [0.15, 0.2) is 27.6 Å². The van der Waals surface area contributed by atoms with E-state index in [1.165, 1.54) is 11.8 Å². The summed E-state index contributed by atoms with van der Waals surface area (Å²) in [5.74, 6) is 0. The molecular formula is C10H11BrN2S. The molecule has 0 saturated carbocycles. The van der Waals surface area contributed by atoms with E-state index in [9.17, 15) is 0 Å². The number of benzene rings is 1. The van der Waals surface area contributed by atoms with Crippen LogP contribution in [0.1, 0.15) is 13.3 Å². The molecule has 1 aromatic carbocycles. The highest BCUT2D eigenvalue weighted by molar-refractivity contribution is 9.10. The Bertz CT molecular complexity index is 360. The Morgan fingerprint density at radius 1 is 1.64 bits per heavy atom. The van der Waals surface area contributed by atoms with Crippen molar-refractivity contribution >= 4 is 33.4 Å². The molecule has 0 radical (unpaired) electrons. The minimum atomic E-state index is -0.0153. The van der Waals surface area contributed by atoms with Gasteiger partial charge in [-0.25, -0.2) is 0 Å². The molecule has 14 heavy (non-hydrogen) atoms. The second-order valence-corrected chi connectivity index (χ2v) is 4.99. The Kier molecular flexibility index (Phi) is 4.30. The number of halogens is 1. The fourth-order valence-corrected chi connectivity index (χ4v) is 2.23.